The fraction of sp³-hybridized carbons (Fsp3) is 0.450. The molecule has 0 radical (unpaired) electrons. The number of nitrogens with one attached hydrogen (secondary N) is 1. The summed E-state index contributed by atoms with van der Waals surface area (Å²) in [6.07, 6.45) is 10.9. The Morgan fingerprint density at radius 1 is 1.04 bits per heavy atom. The van der Waals surface area contributed by atoms with Crippen molar-refractivity contribution in [1.82, 2.24) is 15.1 Å². The van der Waals surface area contributed by atoms with Crippen molar-refractivity contribution in [3.8, 4) is 0 Å². The van der Waals surface area contributed by atoms with Crippen molar-refractivity contribution < 1.29 is 4.79 Å². The third kappa shape index (κ3) is 3.18. The Morgan fingerprint density at radius 3 is 2.50 bits per heavy atom. The summed E-state index contributed by atoms with van der Waals surface area (Å²) in [6.45, 7) is 4.59. The number of allylic oxidation sites excluding steroid dienone is 3. The minimum absolute atomic E-state index is 0.0809. The highest BCUT2D eigenvalue weighted by Crippen LogP contribution is 2.22. The monoisotopic (exact) mass is 323 g/mol. The summed E-state index contributed by atoms with van der Waals surface area (Å²) in [7, 11) is 0. The Bertz CT molecular complexity index is 686. The van der Waals surface area contributed by atoms with Crippen molar-refractivity contribution in [3.05, 3.63) is 58.8 Å². The molecule has 0 bridgehead atoms. The van der Waals surface area contributed by atoms with Gasteiger partial charge in [0.05, 0.1) is 0 Å². The van der Waals surface area contributed by atoms with Crippen molar-refractivity contribution in [2.24, 2.45) is 0 Å². The van der Waals surface area contributed by atoms with Gasteiger partial charge in [0, 0.05) is 38.4 Å². The maximum atomic E-state index is 12.1. The van der Waals surface area contributed by atoms with Gasteiger partial charge >= 0.3 is 6.03 Å². The molecule has 126 valence electrons. The maximum Gasteiger partial charge on any atom is 0.317 e. The molecule has 4 nitrogen and oxygen atoms in total. The molecule has 3 aliphatic rings. The molecular weight excluding hydrogens is 298 g/mol. The van der Waals surface area contributed by atoms with E-state index in [0.29, 0.717) is 6.54 Å². The average molecular weight is 323 g/mol. The molecule has 4 heteroatoms. The van der Waals surface area contributed by atoms with Crippen LogP contribution in [0.3, 0.4) is 0 Å². The topological polar surface area (TPSA) is 35.6 Å². The van der Waals surface area contributed by atoms with Gasteiger partial charge in [-0.15, -0.1) is 0 Å². The number of likely N-dealkylation sites (tertiary alicyclic amines) is 1. The van der Waals surface area contributed by atoms with Crippen LogP contribution in [0.25, 0.3) is 0 Å². The summed E-state index contributed by atoms with van der Waals surface area (Å²) in [4.78, 5) is 16.5. The number of rotatable bonds is 3. The summed E-state index contributed by atoms with van der Waals surface area (Å²) in [5, 5.41) is 3.07. The second-order valence-electron chi connectivity index (χ2n) is 6.89. The van der Waals surface area contributed by atoms with Crippen molar-refractivity contribution in [2.75, 3.05) is 26.2 Å². The molecule has 1 N–H and O–H groups in total. The van der Waals surface area contributed by atoms with Gasteiger partial charge in [-0.25, -0.2) is 4.79 Å². The first kappa shape index (κ1) is 15.3. The Kier molecular flexibility index (Phi) is 4.28. The van der Waals surface area contributed by atoms with E-state index in [9.17, 15) is 4.79 Å². The fourth-order valence-electron chi connectivity index (χ4n) is 3.75. The lowest BCUT2D eigenvalue weighted by atomic mass is 10.00. The number of urea groups is 1. The molecule has 1 saturated heterocycles. The first-order valence-corrected chi connectivity index (χ1v) is 9.06. The lowest BCUT2D eigenvalue weighted by Crippen LogP contribution is -2.37. The van der Waals surface area contributed by atoms with Gasteiger partial charge in [0.25, 0.3) is 0 Å². The van der Waals surface area contributed by atoms with Gasteiger partial charge in [0.1, 0.15) is 0 Å². The standard InChI is InChI=1S/C20H25N3O/c24-20(23-10-1-2-11-23)21-15-16-6-7-17-8-12-22(19-4-3-5-19)13-9-18(17)14-16/h3-7,14H,1-2,8-13,15H2,(H,21,24). The summed E-state index contributed by atoms with van der Waals surface area (Å²) in [5.74, 6) is 0. The number of benzene rings is 1. The van der Waals surface area contributed by atoms with Crippen LogP contribution in [-0.4, -0.2) is 42.0 Å². The zero-order valence-corrected chi connectivity index (χ0v) is 14.1. The Balaban J connectivity index is 1.37. The van der Waals surface area contributed by atoms with E-state index in [2.05, 4.69) is 46.6 Å². The highest BCUT2D eigenvalue weighted by molar-refractivity contribution is 5.74. The lowest BCUT2D eigenvalue weighted by Gasteiger charge is -2.26. The Morgan fingerprint density at radius 2 is 1.79 bits per heavy atom. The van der Waals surface area contributed by atoms with E-state index >= 15 is 0 Å². The predicted octanol–water partition coefficient (Wildman–Crippen LogP) is 2.85. The molecule has 2 amide bonds. The van der Waals surface area contributed by atoms with Crippen LogP contribution >= 0.6 is 0 Å². The van der Waals surface area contributed by atoms with Gasteiger partial charge in [-0.1, -0.05) is 24.3 Å². The molecule has 2 aliphatic heterocycles. The van der Waals surface area contributed by atoms with Gasteiger partial charge < -0.3 is 15.1 Å². The van der Waals surface area contributed by atoms with Gasteiger partial charge in [-0.3, -0.25) is 0 Å². The van der Waals surface area contributed by atoms with Crippen molar-refractivity contribution >= 4 is 6.03 Å². The molecular formula is C20H25N3O. The maximum absolute atomic E-state index is 12.1. The van der Waals surface area contributed by atoms with Gasteiger partial charge in [0.15, 0.2) is 0 Å². The zero-order chi connectivity index (χ0) is 16.4. The quantitative estimate of drug-likeness (QED) is 0.928. The fourth-order valence-corrected chi connectivity index (χ4v) is 3.75. The summed E-state index contributed by atoms with van der Waals surface area (Å²) >= 11 is 0. The van der Waals surface area contributed by atoms with Crippen LogP contribution in [0.4, 0.5) is 4.79 Å². The molecule has 24 heavy (non-hydrogen) atoms. The molecule has 1 aliphatic carbocycles. The zero-order valence-electron chi connectivity index (χ0n) is 14.1. The number of hydrogen-bond donors (Lipinski definition) is 1. The minimum Gasteiger partial charge on any atom is -0.371 e. The van der Waals surface area contributed by atoms with E-state index in [4.69, 9.17) is 0 Å². The third-order valence-electron chi connectivity index (χ3n) is 5.31. The number of hydrogen-bond acceptors (Lipinski definition) is 2. The van der Waals surface area contributed by atoms with Crippen molar-refractivity contribution in [2.45, 2.75) is 32.2 Å². The SMILES string of the molecule is O=C(NCc1ccc2c(c1)CCN(C1=CC=C1)CC2)N1CCCC1. The van der Waals surface area contributed by atoms with Gasteiger partial charge in [0.2, 0.25) is 0 Å². The van der Waals surface area contributed by atoms with Crippen LogP contribution in [-0.2, 0) is 19.4 Å². The van der Waals surface area contributed by atoms with E-state index in [1.54, 1.807) is 0 Å². The normalized spacial score (nSPS) is 19.4. The predicted molar refractivity (Wildman–Crippen MR) is 95.7 cm³/mol. The van der Waals surface area contributed by atoms with Crippen LogP contribution in [0.5, 0.6) is 0 Å². The Hall–Kier alpha value is -2.23. The molecule has 1 aromatic rings. The van der Waals surface area contributed by atoms with E-state index < -0.39 is 0 Å². The average Bonchev–Trinajstić information content (AvgIpc) is 3.01. The molecule has 0 atom stereocenters. The van der Waals surface area contributed by atoms with E-state index in [1.807, 2.05) is 4.90 Å². The molecule has 0 saturated carbocycles. The van der Waals surface area contributed by atoms with Crippen LogP contribution < -0.4 is 5.32 Å². The first-order chi connectivity index (χ1) is 11.8. The first-order valence-electron chi connectivity index (χ1n) is 9.06. The highest BCUT2D eigenvalue weighted by Gasteiger charge is 2.18. The number of amides is 2. The second kappa shape index (κ2) is 6.71. The summed E-state index contributed by atoms with van der Waals surface area (Å²) in [6, 6.07) is 6.79. The van der Waals surface area contributed by atoms with E-state index in [-0.39, 0.29) is 6.03 Å². The summed E-state index contributed by atoms with van der Waals surface area (Å²) in [5.41, 5.74) is 5.46. The van der Waals surface area contributed by atoms with E-state index in [0.717, 1.165) is 51.9 Å². The smallest absolute Gasteiger partial charge is 0.317 e. The minimum atomic E-state index is 0.0809. The van der Waals surface area contributed by atoms with Crippen LogP contribution in [0.15, 0.2) is 42.1 Å². The van der Waals surface area contributed by atoms with Crippen LogP contribution in [0, 0.1) is 0 Å². The number of nitrogens with zero attached hydrogens (tertiary/aromatic N) is 2. The number of fused-ring (bicyclic) bond motifs is 1. The lowest BCUT2D eigenvalue weighted by molar-refractivity contribution is 0.208. The Labute approximate surface area is 143 Å². The summed E-state index contributed by atoms with van der Waals surface area (Å²) < 4.78 is 0. The number of carbonyl (C=O) groups excluding carboxylic acids is 1. The van der Waals surface area contributed by atoms with Crippen molar-refractivity contribution in [1.29, 1.82) is 0 Å². The molecule has 2 heterocycles. The van der Waals surface area contributed by atoms with E-state index in [1.165, 1.54) is 22.4 Å². The molecule has 0 unspecified atom stereocenters. The third-order valence-corrected chi connectivity index (χ3v) is 5.31. The van der Waals surface area contributed by atoms with Gasteiger partial charge in [-0.05, 0) is 54.5 Å². The molecule has 0 spiro atoms. The molecule has 1 aromatic carbocycles. The molecule has 0 aromatic heterocycles. The molecule has 4 rings (SSSR count). The van der Waals surface area contributed by atoms with Gasteiger partial charge in [-0.2, -0.15) is 0 Å². The highest BCUT2D eigenvalue weighted by atomic mass is 16.2. The van der Waals surface area contributed by atoms with Crippen LogP contribution in [0.2, 0.25) is 0 Å². The molecule has 1 fully saturated rings. The van der Waals surface area contributed by atoms with Crippen LogP contribution in [0.1, 0.15) is 29.5 Å². The number of carbonyl (C=O) groups is 1. The van der Waals surface area contributed by atoms with Crippen molar-refractivity contribution in [3.63, 3.8) is 0 Å². The second-order valence-corrected chi connectivity index (χ2v) is 6.89. The largest absolute Gasteiger partial charge is 0.371 e.